The van der Waals surface area contributed by atoms with Crippen molar-refractivity contribution in [2.75, 3.05) is 6.54 Å². The van der Waals surface area contributed by atoms with Crippen molar-refractivity contribution in [3.63, 3.8) is 0 Å². The van der Waals surface area contributed by atoms with Crippen LogP contribution in [0.5, 0.6) is 0 Å². The van der Waals surface area contributed by atoms with Gasteiger partial charge in [0, 0.05) is 32.4 Å². The molecule has 0 saturated carbocycles. The molecule has 186 valence electrons. The Hall–Kier alpha value is -3.63. The van der Waals surface area contributed by atoms with Crippen LogP contribution in [-0.4, -0.2) is 26.9 Å². The molecule has 5 rings (SSSR count). The average Bonchev–Trinajstić information content (AvgIpc) is 3.31. The molecule has 8 heteroatoms. The maximum Gasteiger partial charge on any atom is 0.244 e. The molecule has 1 atom stereocenters. The van der Waals surface area contributed by atoms with E-state index in [1.807, 2.05) is 65.7 Å². The van der Waals surface area contributed by atoms with Gasteiger partial charge in [-0.25, -0.2) is 4.98 Å². The summed E-state index contributed by atoms with van der Waals surface area (Å²) < 4.78 is 2.05. The first kappa shape index (κ1) is 25.0. The summed E-state index contributed by atoms with van der Waals surface area (Å²) in [4.78, 5) is 20.0. The third kappa shape index (κ3) is 5.70. The number of benzene rings is 3. The highest BCUT2D eigenvalue weighted by Gasteiger charge is 2.30. The first-order valence-electron chi connectivity index (χ1n) is 12.0. The van der Waals surface area contributed by atoms with E-state index in [-0.39, 0.29) is 5.91 Å². The zero-order valence-electron chi connectivity index (χ0n) is 20.1. The zero-order valence-corrected chi connectivity index (χ0v) is 21.6. The van der Waals surface area contributed by atoms with E-state index in [1.165, 1.54) is 0 Å². The second-order valence-electron chi connectivity index (χ2n) is 9.09. The van der Waals surface area contributed by atoms with Gasteiger partial charge in [-0.1, -0.05) is 65.7 Å². The van der Waals surface area contributed by atoms with Crippen LogP contribution in [0.25, 0.3) is 0 Å². The van der Waals surface area contributed by atoms with Crippen molar-refractivity contribution in [2.24, 2.45) is 0 Å². The van der Waals surface area contributed by atoms with Crippen LogP contribution in [0.3, 0.4) is 0 Å². The molecule has 1 unspecified atom stereocenters. The molecule has 4 aromatic rings. The van der Waals surface area contributed by atoms with Crippen molar-refractivity contribution in [1.82, 2.24) is 19.8 Å². The van der Waals surface area contributed by atoms with E-state index in [4.69, 9.17) is 28.5 Å². The van der Waals surface area contributed by atoms with Gasteiger partial charge in [0.2, 0.25) is 5.91 Å². The molecule has 0 spiro atoms. The summed E-state index contributed by atoms with van der Waals surface area (Å²) in [7, 11) is 0. The Kier molecular flexibility index (Phi) is 7.57. The van der Waals surface area contributed by atoms with E-state index in [9.17, 15) is 4.79 Å². The van der Waals surface area contributed by atoms with Crippen molar-refractivity contribution in [2.45, 2.75) is 32.1 Å². The fraction of sp³-hybridized carbons (Fsp3) is 0.207. The summed E-state index contributed by atoms with van der Waals surface area (Å²) in [5, 5.41) is 13.5. The number of halogens is 2. The molecule has 1 aliphatic rings. The van der Waals surface area contributed by atoms with E-state index in [2.05, 4.69) is 27.0 Å². The molecule has 1 amide bonds. The number of nitriles is 1. The Balaban J connectivity index is 1.35. The number of nitrogens with zero attached hydrogens (tertiary/aromatic N) is 4. The fourth-order valence-electron chi connectivity index (χ4n) is 4.66. The second-order valence-corrected chi connectivity index (χ2v) is 9.91. The van der Waals surface area contributed by atoms with Crippen molar-refractivity contribution in [1.29, 1.82) is 5.26 Å². The Bertz CT molecular complexity index is 1460. The van der Waals surface area contributed by atoms with Gasteiger partial charge < -0.3 is 9.47 Å². The third-order valence-corrected chi connectivity index (χ3v) is 7.39. The first-order valence-corrected chi connectivity index (χ1v) is 12.8. The highest BCUT2D eigenvalue weighted by Crippen LogP contribution is 2.28. The highest BCUT2D eigenvalue weighted by molar-refractivity contribution is 6.42. The normalized spacial score (nSPS) is 15.2. The Morgan fingerprint density at radius 2 is 1.78 bits per heavy atom. The van der Waals surface area contributed by atoms with Crippen LogP contribution in [-0.2, 0) is 30.8 Å². The van der Waals surface area contributed by atoms with Crippen LogP contribution in [0.4, 0.5) is 0 Å². The summed E-state index contributed by atoms with van der Waals surface area (Å²) >= 11 is 12.3. The monoisotopic (exact) mass is 529 g/mol. The summed E-state index contributed by atoms with van der Waals surface area (Å²) in [6.07, 6.45) is 4.38. The smallest absolute Gasteiger partial charge is 0.244 e. The number of fused-ring (bicyclic) bond motifs is 1. The lowest BCUT2D eigenvalue weighted by Gasteiger charge is -2.26. The van der Waals surface area contributed by atoms with Gasteiger partial charge in [0.15, 0.2) is 0 Å². The van der Waals surface area contributed by atoms with Gasteiger partial charge >= 0.3 is 0 Å². The minimum Gasteiger partial charge on any atom is -0.336 e. The Morgan fingerprint density at radius 3 is 2.57 bits per heavy atom. The molecule has 0 aliphatic carbocycles. The molecule has 1 N–H and O–H groups in total. The number of carbonyl (C=O) groups is 1. The average molecular weight is 530 g/mol. The predicted molar refractivity (Wildman–Crippen MR) is 144 cm³/mol. The number of amides is 1. The molecular formula is C29H25Cl2N5O. The molecule has 1 aromatic heterocycles. The van der Waals surface area contributed by atoms with Gasteiger partial charge in [-0.2, -0.15) is 5.26 Å². The molecule has 37 heavy (non-hydrogen) atoms. The molecule has 0 fully saturated rings. The summed E-state index contributed by atoms with van der Waals surface area (Å²) in [6, 6.07) is 22.8. The minimum atomic E-state index is -0.486. The van der Waals surface area contributed by atoms with Crippen molar-refractivity contribution >= 4 is 29.1 Å². The highest BCUT2D eigenvalue weighted by atomic mass is 35.5. The van der Waals surface area contributed by atoms with Crippen molar-refractivity contribution in [3.8, 4) is 6.07 Å². The lowest BCUT2D eigenvalue weighted by Crippen LogP contribution is -2.39. The number of hydrogen-bond donors (Lipinski definition) is 1. The minimum absolute atomic E-state index is 0.0224. The lowest BCUT2D eigenvalue weighted by molar-refractivity contribution is -0.134. The van der Waals surface area contributed by atoms with Crippen LogP contribution in [0, 0.1) is 11.3 Å². The van der Waals surface area contributed by atoms with Gasteiger partial charge in [0.25, 0.3) is 0 Å². The number of hydrogen-bond acceptors (Lipinski definition) is 4. The standard InChI is InChI=1S/C29H25Cl2N5O/c30-26-10-9-22(13-27(26)31)18-35-12-11-23-3-1-2-4-25(23)28(29(35)37)34-16-24-15-33-19-36(24)17-21-7-5-20(14-32)6-8-21/h1-10,13,15,19,28,34H,11-12,16-18H2. The number of imidazole rings is 1. The van der Waals surface area contributed by atoms with Gasteiger partial charge in [0.1, 0.15) is 6.04 Å². The number of carbonyl (C=O) groups excluding carboxylic acids is 1. The van der Waals surface area contributed by atoms with Crippen LogP contribution >= 0.6 is 23.2 Å². The Morgan fingerprint density at radius 1 is 1.00 bits per heavy atom. The SMILES string of the molecule is N#Cc1ccc(Cn2cncc2CNC2C(=O)N(Cc3ccc(Cl)c(Cl)c3)CCc3ccccc32)cc1. The number of aromatic nitrogens is 2. The van der Waals surface area contributed by atoms with Crippen molar-refractivity contribution < 1.29 is 4.79 Å². The van der Waals surface area contributed by atoms with E-state index in [0.717, 1.165) is 34.4 Å². The molecule has 0 bridgehead atoms. The number of rotatable bonds is 7. The van der Waals surface area contributed by atoms with E-state index in [1.54, 1.807) is 12.4 Å². The molecule has 0 radical (unpaired) electrons. The van der Waals surface area contributed by atoms with Gasteiger partial charge in [-0.15, -0.1) is 0 Å². The van der Waals surface area contributed by atoms with Gasteiger partial charge in [0.05, 0.1) is 33.7 Å². The van der Waals surface area contributed by atoms with Crippen LogP contribution in [0.2, 0.25) is 10.0 Å². The fourth-order valence-corrected chi connectivity index (χ4v) is 4.98. The second kappa shape index (κ2) is 11.2. The summed E-state index contributed by atoms with van der Waals surface area (Å²) in [5.74, 6) is 0.0224. The van der Waals surface area contributed by atoms with Crippen molar-refractivity contribution in [3.05, 3.63) is 123 Å². The predicted octanol–water partition coefficient (Wildman–Crippen LogP) is 5.53. The van der Waals surface area contributed by atoms with Gasteiger partial charge in [-0.05, 0) is 52.9 Å². The third-order valence-electron chi connectivity index (χ3n) is 6.66. The zero-order chi connectivity index (χ0) is 25.8. The quantitative estimate of drug-likeness (QED) is 0.341. The summed E-state index contributed by atoms with van der Waals surface area (Å²) in [6.45, 7) is 2.17. The molecule has 6 nitrogen and oxygen atoms in total. The van der Waals surface area contributed by atoms with Gasteiger partial charge in [-0.3, -0.25) is 10.1 Å². The topological polar surface area (TPSA) is 74.0 Å². The van der Waals surface area contributed by atoms with Crippen LogP contribution in [0.1, 0.15) is 39.6 Å². The first-order chi connectivity index (χ1) is 18.0. The van der Waals surface area contributed by atoms with E-state index in [0.29, 0.717) is 41.8 Å². The maximum atomic E-state index is 13.8. The van der Waals surface area contributed by atoms with E-state index < -0.39 is 6.04 Å². The van der Waals surface area contributed by atoms with Crippen LogP contribution in [0.15, 0.2) is 79.3 Å². The number of nitrogens with one attached hydrogen (secondary N) is 1. The largest absolute Gasteiger partial charge is 0.336 e. The van der Waals surface area contributed by atoms with E-state index >= 15 is 0 Å². The maximum absolute atomic E-state index is 13.8. The molecule has 3 aromatic carbocycles. The molecule has 0 saturated heterocycles. The summed E-state index contributed by atoms with van der Waals surface area (Å²) in [5.41, 5.74) is 5.77. The molecule has 1 aliphatic heterocycles. The van der Waals surface area contributed by atoms with Crippen LogP contribution < -0.4 is 5.32 Å². The Labute approximate surface area is 226 Å². The molecule has 2 heterocycles. The lowest BCUT2D eigenvalue weighted by atomic mass is 9.99. The molecular weight excluding hydrogens is 505 g/mol.